The van der Waals surface area contributed by atoms with Crippen LogP contribution < -0.4 is 0 Å². The van der Waals surface area contributed by atoms with Gasteiger partial charge in [-0.05, 0) is 30.6 Å². The Kier molecular flexibility index (Phi) is 4.68. The maximum absolute atomic E-state index is 6.11. The van der Waals surface area contributed by atoms with Gasteiger partial charge >= 0.3 is 0 Å². The molecule has 3 nitrogen and oxygen atoms in total. The maximum atomic E-state index is 6.11. The topological polar surface area (TPSA) is 21.7 Å². The summed E-state index contributed by atoms with van der Waals surface area (Å²) in [5.74, 6) is 2.99. The second-order valence-corrected chi connectivity index (χ2v) is 6.94. The number of ether oxygens (including phenoxy) is 2. The second kappa shape index (κ2) is 6.33. The number of fused-ring (bicyclic) bond motifs is 1. The normalized spacial score (nSPS) is 40.8. The minimum Gasteiger partial charge on any atom is -0.376 e. The third-order valence-electron chi connectivity index (χ3n) is 5.76. The molecule has 3 aliphatic rings. The molecule has 20 heavy (non-hydrogen) atoms. The fourth-order valence-corrected chi connectivity index (χ4v) is 4.67. The van der Waals surface area contributed by atoms with E-state index < -0.39 is 0 Å². The van der Waals surface area contributed by atoms with E-state index in [1.165, 1.54) is 38.5 Å². The molecule has 0 N–H and O–H groups in total. The first kappa shape index (κ1) is 14.8. The first-order valence-corrected chi connectivity index (χ1v) is 8.77. The van der Waals surface area contributed by atoms with Crippen molar-refractivity contribution >= 4 is 0 Å². The van der Waals surface area contributed by atoms with E-state index in [9.17, 15) is 0 Å². The molecule has 3 rings (SSSR count). The van der Waals surface area contributed by atoms with E-state index in [2.05, 4.69) is 18.7 Å². The molecule has 1 aliphatic carbocycles. The summed E-state index contributed by atoms with van der Waals surface area (Å²) < 4.78 is 11.8. The van der Waals surface area contributed by atoms with E-state index in [1.54, 1.807) is 0 Å². The molecule has 0 radical (unpaired) electrons. The molecule has 0 spiro atoms. The van der Waals surface area contributed by atoms with Crippen molar-refractivity contribution < 1.29 is 9.47 Å². The van der Waals surface area contributed by atoms with Gasteiger partial charge in [-0.1, -0.05) is 39.5 Å². The van der Waals surface area contributed by atoms with Crippen LogP contribution in [0.5, 0.6) is 0 Å². The van der Waals surface area contributed by atoms with Crippen LogP contribution in [0.3, 0.4) is 0 Å². The van der Waals surface area contributed by atoms with Gasteiger partial charge in [0.25, 0.3) is 0 Å². The van der Waals surface area contributed by atoms with Crippen LogP contribution >= 0.6 is 0 Å². The monoisotopic (exact) mass is 281 g/mol. The summed E-state index contributed by atoms with van der Waals surface area (Å²) in [6, 6.07) is 0. The average molecular weight is 281 g/mol. The molecule has 0 aromatic heterocycles. The molecule has 2 heterocycles. The van der Waals surface area contributed by atoms with Crippen LogP contribution in [0.25, 0.3) is 0 Å². The van der Waals surface area contributed by atoms with Gasteiger partial charge in [0.05, 0.1) is 19.8 Å². The second-order valence-electron chi connectivity index (χ2n) is 6.94. The van der Waals surface area contributed by atoms with Crippen LogP contribution in [-0.4, -0.2) is 43.5 Å². The Hall–Kier alpha value is -0.120. The molecule has 116 valence electrons. The highest BCUT2D eigenvalue weighted by Crippen LogP contribution is 2.55. The predicted molar refractivity (Wildman–Crippen MR) is 80.6 cm³/mol. The Morgan fingerprint density at radius 2 is 1.60 bits per heavy atom. The summed E-state index contributed by atoms with van der Waals surface area (Å²) in [7, 11) is 0. The van der Waals surface area contributed by atoms with Crippen molar-refractivity contribution in [2.75, 3.05) is 32.9 Å². The maximum Gasteiger partial charge on any atom is 0.145 e. The number of nitrogens with zero attached hydrogens (tertiary/aromatic N) is 1. The molecular formula is C17H31NO2. The summed E-state index contributed by atoms with van der Waals surface area (Å²) in [6.07, 6.45) is 8.08. The number of morpholine rings is 1. The summed E-state index contributed by atoms with van der Waals surface area (Å²) in [6.45, 7) is 9.38. The van der Waals surface area contributed by atoms with Gasteiger partial charge in [0, 0.05) is 13.1 Å². The highest BCUT2D eigenvalue weighted by atomic mass is 16.6. The zero-order valence-electron chi connectivity index (χ0n) is 13.3. The molecule has 3 atom stereocenters. The first-order valence-electron chi connectivity index (χ1n) is 8.77. The van der Waals surface area contributed by atoms with Crippen molar-refractivity contribution in [3.63, 3.8) is 0 Å². The zero-order valence-corrected chi connectivity index (χ0v) is 13.3. The molecular weight excluding hydrogens is 250 g/mol. The molecule has 1 saturated carbocycles. The fraction of sp³-hybridized carbons (Fsp3) is 1.00. The molecule has 0 aromatic carbocycles. The SMILES string of the molecule is CCCC1C(CCC)C1CCC12COCCN1CCO2. The summed E-state index contributed by atoms with van der Waals surface area (Å²) in [5.41, 5.74) is -0.0611. The van der Waals surface area contributed by atoms with Crippen molar-refractivity contribution in [2.24, 2.45) is 17.8 Å². The van der Waals surface area contributed by atoms with E-state index in [0.29, 0.717) is 0 Å². The number of hydrogen-bond donors (Lipinski definition) is 0. The zero-order chi connectivity index (χ0) is 14.0. The quantitative estimate of drug-likeness (QED) is 0.715. The van der Waals surface area contributed by atoms with Crippen molar-refractivity contribution in [2.45, 2.75) is 58.1 Å². The van der Waals surface area contributed by atoms with Gasteiger partial charge in [-0.3, -0.25) is 4.90 Å². The van der Waals surface area contributed by atoms with Crippen molar-refractivity contribution in [1.82, 2.24) is 4.90 Å². The lowest BCUT2D eigenvalue weighted by atomic mass is 10.0. The smallest absolute Gasteiger partial charge is 0.145 e. The molecule has 3 heteroatoms. The van der Waals surface area contributed by atoms with Crippen LogP contribution in [0.15, 0.2) is 0 Å². The van der Waals surface area contributed by atoms with Crippen LogP contribution in [0.1, 0.15) is 52.4 Å². The van der Waals surface area contributed by atoms with Gasteiger partial charge in [0.15, 0.2) is 0 Å². The van der Waals surface area contributed by atoms with Crippen LogP contribution in [0.2, 0.25) is 0 Å². The van der Waals surface area contributed by atoms with Crippen molar-refractivity contribution in [3.8, 4) is 0 Å². The molecule has 0 amide bonds. The lowest BCUT2D eigenvalue weighted by Gasteiger charge is -2.40. The van der Waals surface area contributed by atoms with E-state index in [1.807, 2.05) is 0 Å². The third-order valence-corrected chi connectivity index (χ3v) is 5.76. The molecule has 3 fully saturated rings. The summed E-state index contributed by atoms with van der Waals surface area (Å²) in [4.78, 5) is 2.53. The van der Waals surface area contributed by atoms with Crippen molar-refractivity contribution in [1.29, 1.82) is 0 Å². The van der Waals surface area contributed by atoms with E-state index in [0.717, 1.165) is 50.7 Å². The average Bonchev–Trinajstić information content (AvgIpc) is 2.94. The lowest BCUT2D eigenvalue weighted by molar-refractivity contribution is -0.170. The third kappa shape index (κ3) is 2.77. The Morgan fingerprint density at radius 3 is 2.30 bits per heavy atom. The minimum absolute atomic E-state index is 0.0611. The van der Waals surface area contributed by atoms with Crippen LogP contribution in [-0.2, 0) is 9.47 Å². The van der Waals surface area contributed by atoms with Crippen LogP contribution in [0, 0.1) is 17.8 Å². The number of rotatable bonds is 7. The number of hydrogen-bond acceptors (Lipinski definition) is 3. The molecule has 2 aliphatic heterocycles. The van der Waals surface area contributed by atoms with Crippen LogP contribution in [0.4, 0.5) is 0 Å². The van der Waals surface area contributed by atoms with Crippen molar-refractivity contribution in [3.05, 3.63) is 0 Å². The van der Waals surface area contributed by atoms with E-state index in [-0.39, 0.29) is 5.72 Å². The predicted octanol–water partition coefficient (Wildman–Crippen LogP) is 3.29. The van der Waals surface area contributed by atoms with E-state index in [4.69, 9.17) is 9.47 Å². The van der Waals surface area contributed by atoms with Gasteiger partial charge < -0.3 is 9.47 Å². The highest BCUT2D eigenvalue weighted by Gasteiger charge is 2.51. The van der Waals surface area contributed by atoms with Gasteiger partial charge in [-0.2, -0.15) is 0 Å². The first-order chi connectivity index (χ1) is 9.80. The Morgan fingerprint density at radius 1 is 0.950 bits per heavy atom. The minimum atomic E-state index is -0.0611. The largest absolute Gasteiger partial charge is 0.376 e. The van der Waals surface area contributed by atoms with E-state index >= 15 is 0 Å². The Labute approximate surface area is 124 Å². The molecule has 3 unspecified atom stereocenters. The molecule has 0 bridgehead atoms. The van der Waals surface area contributed by atoms with Gasteiger partial charge in [-0.25, -0.2) is 0 Å². The summed E-state index contributed by atoms with van der Waals surface area (Å²) >= 11 is 0. The fourth-order valence-electron chi connectivity index (χ4n) is 4.67. The highest BCUT2D eigenvalue weighted by molar-refractivity contribution is 4.98. The van der Waals surface area contributed by atoms with Gasteiger partial charge in [0.1, 0.15) is 5.72 Å². The Balaban J connectivity index is 1.53. The van der Waals surface area contributed by atoms with Gasteiger partial charge in [0.2, 0.25) is 0 Å². The van der Waals surface area contributed by atoms with Gasteiger partial charge in [-0.15, -0.1) is 0 Å². The Bertz CT molecular complexity index is 310. The molecule has 2 saturated heterocycles. The standard InChI is InChI=1S/C17H31NO2/c1-3-5-14-15(6-4-2)16(14)7-8-17-13-19-11-9-18(17)10-12-20-17/h14-16H,3-13H2,1-2H3. The lowest BCUT2D eigenvalue weighted by Crippen LogP contribution is -2.53. The molecule has 0 aromatic rings. The summed E-state index contributed by atoms with van der Waals surface area (Å²) in [5, 5.41) is 0.